The Kier molecular flexibility index (Phi) is 5.84. The predicted octanol–water partition coefficient (Wildman–Crippen LogP) is 7.55. The standard InChI is InChI=1S/C22H16Br2/c23-21-13-9-19(10-14-21)7-5-17-1-2-18(4-3-17)6-8-20-11-15-22(24)16-12-20/h1-16H. The van der Waals surface area contributed by atoms with Crippen molar-refractivity contribution in [2.75, 3.05) is 0 Å². The highest BCUT2D eigenvalue weighted by Gasteiger charge is 1.92. The summed E-state index contributed by atoms with van der Waals surface area (Å²) < 4.78 is 2.20. The number of rotatable bonds is 4. The molecule has 0 aliphatic rings. The highest BCUT2D eigenvalue weighted by Crippen LogP contribution is 2.16. The van der Waals surface area contributed by atoms with Crippen molar-refractivity contribution in [3.05, 3.63) is 104 Å². The maximum atomic E-state index is 3.45. The zero-order valence-corrected chi connectivity index (χ0v) is 16.2. The maximum Gasteiger partial charge on any atom is 0.0175 e. The Hall–Kier alpha value is -1.90. The van der Waals surface area contributed by atoms with Gasteiger partial charge < -0.3 is 0 Å². The molecule has 0 spiro atoms. The van der Waals surface area contributed by atoms with Crippen molar-refractivity contribution >= 4 is 56.2 Å². The third kappa shape index (κ3) is 5.05. The summed E-state index contributed by atoms with van der Waals surface area (Å²) in [4.78, 5) is 0. The average molecular weight is 440 g/mol. The minimum absolute atomic E-state index is 1.10. The first-order valence-corrected chi connectivity index (χ1v) is 9.25. The molecule has 0 nitrogen and oxygen atoms in total. The van der Waals surface area contributed by atoms with Crippen LogP contribution in [-0.2, 0) is 0 Å². The molecule has 0 N–H and O–H groups in total. The second kappa shape index (κ2) is 8.27. The molecule has 0 bridgehead atoms. The fourth-order valence-corrected chi connectivity index (χ4v) is 2.78. The Bertz CT molecular complexity index is 765. The molecule has 0 fully saturated rings. The van der Waals surface area contributed by atoms with Crippen molar-refractivity contribution < 1.29 is 0 Å². The molecule has 0 aliphatic heterocycles. The second-order valence-electron chi connectivity index (χ2n) is 5.44. The third-order valence-corrected chi connectivity index (χ3v) is 4.67. The quantitative estimate of drug-likeness (QED) is 0.368. The highest BCUT2D eigenvalue weighted by molar-refractivity contribution is 9.10. The molecule has 0 heterocycles. The zero-order valence-electron chi connectivity index (χ0n) is 13.0. The van der Waals surface area contributed by atoms with E-state index in [-0.39, 0.29) is 0 Å². The van der Waals surface area contributed by atoms with Gasteiger partial charge in [0.2, 0.25) is 0 Å². The molecular weight excluding hydrogens is 424 g/mol. The third-order valence-electron chi connectivity index (χ3n) is 3.61. The maximum absolute atomic E-state index is 3.45. The Labute approximate surface area is 159 Å². The van der Waals surface area contributed by atoms with Gasteiger partial charge in [0.25, 0.3) is 0 Å². The van der Waals surface area contributed by atoms with Crippen LogP contribution in [0, 0.1) is 0 Å². The van der Waals surface area contributed by atoms with Gasteiger partial charge in [-0.15, -0.1) is 0 Å². The molecule has 0 unspecified atom stereocenters. The summed E-state index contributed by atoms with van der Waals surface area (Å²) in [5, 5.41) is 0. The lowest BCUT2D eigenvalue weighted by molar-refractivity contribution is 1.60. The lowest BCUT2D eigenvalue weighted by Gasteiger charge is -1.98. The molecule has 0 aliphatic carbocycles. The van der Waals surface area contributed by atoms with E-state index in [1.54, 1.807) is 0 Å². The van der Waals surface area contributed by atoms with Crippen LogP contribution >= 0.6 is 31.9 Å². The summed E-state index contributed by atoms with van der Waals surface area (Å²) in [6, 6.07) is 25.1. The van der Waals surface area contributed by atoms with E-state index in [0.717, 1.165) is 8.95 Å². The molecule has 3 aromatic rings. The minimum atomic E-state index is 1.10. The largest absolute Gasteiger partial charge is 0.0544 e. The number of halogens is 2. The van der Waals surface area contributed by atoms with Crippen LogP contribution < -0.4 is 0 Å². The van der Waals surface area contributed by atoms with Crippen LogP contribution in [0.1, 0.15) is 22.3 Å². The van der Waals surface area contributed by atoms with Crippen molar-refractivity contribution in [3.63, 3.8) is 0 Å². The van der Waals surface area contributed by atoms with Gasteiger partial charge in [-0.05, 0) is 46.5 Å². The molecule has 0 amide bonds. The van der Waals surface area contributed by atoms with Crippen LogP contribution in [0.2, 0.25) is 0 Å². The topological polar surface area (TPSA) is 0 Å². The minimum Gasteiger partial charge on any atom is -0.0544 e. The lowest BCUT2D eigenvalue weighted by Crippen LogP contribution is -1.76. The van der Waals surface area contributed by atoms with E-state index in [4.69, 9.17) is 0 Å². The van der Waals surface area contributed by atoms with Crippen LogP contribution in [0.5, 0.6) is 0 Å². The molecule has 24 heavy (non-hydrogen) atoms. The van der Waals surface area contributed by atoms with Gasteiger partial charge in [0.1, 0.15) is 0 Å². The summed E-state index contributed by atoms with van der Waals surface area (Å²) in [5.41, 5.74) is 4.77. The van der Waals surface area contributed by atoms with Gasteiger partial charge in [-0.2, -0.15) is 0 Å². The molecule has 0 radical (unpaired) electrons. The smallest absolute Gasteiger partial charge is 0.0175 e. The summed E-state index contributed by atoms with van der Waals surface area (Å²) in [6.07, 6.45) is 8.51. The van der Waals surface area contributed by atoms with E-state index in [1.807, 2.05) is 0 Å². The van der Waals surface area contributed by atoms with E-state index < -0.39 is 0 Å². The molecule has 2 heteroatoms. The van der Waals surface area contributed by atoms with Crippen LogP contribution in [-0.4, -0.2) is 0 Å². The van der Waals surface area contributed by atoms with Crippen molar-refractivity contribution in [1.82, 2.24) is 0 Å². The monoisotopic (exact) mass is 438 g/mol. The molecule has 3 aromatic carbocycles. The zero-order chi connectivity index (χ0) is 16.8. The number of hydrogen-bond acceptors (Lipinski definition) is 0. The highest BCUT2D eigenvalue weighted by atomic mass is 79.9. The first kappa shape index (κ1) is 16.9. The van der Waals surface area contributed by atoms with Crippen molar-refractivity contribution in [2.45, 2.75) is 0 Å². The fraction of sp³-hybridized carbons (Fsp3) is 0. The van der Waals surface area contributed by atoms with E-state index in [0.29, 0.717) is 0 Å². The summed E-state index contributed by atoms with van der Waals surface area (Å²) in [7, 11) is 0. The molecule has 0 saturated heterocycles. The second-order valence-corrected chi connectivity index (χ2v) is 7.27. The van der Waals surface area contributed by atoms with Crippen molar-refractivity contribution in [2.24, 2.45) is 0 Å². The van der Waals surface area contributed by atoms with E-state index in [2.05, 4.69) is 129 Å². The van der Waals surface area contributed by atoms with Gasteiger partial charge in [-0.1, -0.05) is 105 Å². The molecule has 118 valence electrons. The Morgan fingerprint density at radius 1 is 0.375 bits per heavy atom. The molecule has 0 atom stereocenters. The summed E-state index contributed by atoms with van der Waals surface area (Å²) >= 11 is 6.90. The molecule has 0 aromatic heterocycles. The summed E-state index contributed by atoms with van der Waals surface area (Å²) in [5.74, 6) is 0. The van der Waals surface area contributed by atoms with E-state index >= 15 is 0 Å². The van der Waals surface area contributed by atoms with Crippen LogP contribution in [0.3, 0.4) is 0 Å². The van der Waals surface area contributed by atoms with Crippen LogP contribution in [0.25, 0.3) is 24.3 Å². The van der Waals surface area contributed by atoms with Gasteiger partial charge in [0.15, 0.2) is 0 Å². The van der Waals surface area contributed by atoms with E-state index in [1.165, 1.54) is 22.3 Å². The number of hydrogen-bond donors (Lipinski definition) is 0. The van der Waals surface area contributed by atoms with Gasteiger partial charge in [-0.25, -0.2) is 0 Å². The van der Waals surface area contributed by atoms with Crippen molar-refractivity contribution in [1.29, 1.82) is 0 Å². The first-order chi connectivity index (χ1) is 11.7. The summed E-state index contributed by atoms with van der Waals surface area (Å²) in [6.45, 7) is 0. The van der Waals surface area contributed by atoms with Gasteiger partial charge in [0.05, 0.1) is 0 Å². The van der Waals surface area contributed by atoms with Gasteiger partial charge in [0, 0.05) is 8.95 Å². The number of benzene rings is 3. The fourth-order valence-electron chi connectivity index (χ4n) is 2.25. The predicted molar refractivity (Wildman–Crippen MR) is 113 cm³/mol. The van der Waals surface area contributed by atoms with E-state index in [9.17, 15) is 0 Å². The average Bonchev–Trinajstić information content (AvgIpc) is 2.62. The van der Waals surface area contributed by atoms with Gasteiger partial charge >= 0.3 is 0 Å². The van der Waals surface area contributed by atoms with Crippen molar-refractivity contribution in [3.8, 4) is 0 Å². The Morgan fingerprint density at radius 2 is 0.583 bits per heavy atom. The van der Waals surface area contributed by atoms with Gasteiger partial charge in [-0.3, -0.25) is 0 Å². The Balaban J connectivity index is 1.66. The molecule has 0 saturated carbocycles. The first-order valence-electron chi connectivity index (χ1n) is 7.66. The normalized spacial score (nSPS) is 11.4. The SMILES string of the molecule is Brc1ccc(C=Cc2ccc(C=Cc3ccc(Br)cc3)cc2)cc1. The Morgan fingerprint density at radius 3 is 0.833 bits per heavy atom. The molecule has 3 rings (SSSR count). The van der Waals surface area contributed by atoms with Crippen LogP contribution in [0.4, 0.5) is 0 Å². The van der Waals surface area contributed by atoms with Crippen LogP contribution in [0.15, 0.2) is 81.7 Å². The lowest BCUT2D eigenvalue weighted by atomic mass is 10.1. The molecular formula is C22H16Br2.